The second-order valence-corrected chi connectivity index (χ2v) is 8.76. The van der Waals surface area contributed by atoms with E-state index in [2.05, 4.69) is 12.2 Å². The Morgan fingerprint density at radius 2 is 2.16 bits per heavy atom. The van der Waals surface area contributed by atoms with Gasteiger partial charge in [-0.2, -0.15) is 0 Å². The predicted octanol–water partition coefficient (Wildman–Crippen LogP) is 5.46. The van der Waals surface area contributed by atoms with E-state index in [9.17, 15) is 9.59 Å². The van der Waals surface area contributed by atoms with E-state index in [4.69, 9.17) is 13.9 Å². The molecule has 0 radical (unpaired) electrons. The number of carbonyl (C=O) groups excluding carboxylic acids is 2. The van der Waals surface area contributed by atoms with Crippen molar-refractivity contribution in [2.24, 2.45) is 5.92 Å². The van der Waals surface area contributed by atoms with Crippen LogP contribution in [0.25, 0.3) is 17.0 Å². The van der Waals surface area contributed by atoms with Gasteiger partial charge in [-0.1, -0.05) is 6.92 Å². The number of nitrogens with one attached hydrogen (secondary N) is 1. The molecule has 162 valence electrons. The van der Waals surface area contributed by atoms with Gasteiger partial charge in [0.05, 0.1) is 19.3 Å². The molecule has 1 N–H and O–H groups in total. The Labute approximate surface area is 184 Å². The van der Waals surface area contributed by atoms with Crippen molar-refractivity contribution in [1.82, 2.24) is 0 Å². The molecule has 0 saturated heterocycles. The van der Waals surface area contributed by atoms with Crippen LogP contribution in [0.4, 0.5) is 5.00 Å². The van der Waals surface area contributed by atoms with Crippen molar-refractivity contribution in [3.8, 4) is 5.75 Å². The summed E-state index contributed by atoms with van der Waals surface area (Å²) in [7, 11) is 1.61. The van der Waals surface area contributed by atoms with E-state index in [1.54, 1.807) is 20.1 Å². The van der Waals surface area contributed by atoms with E-state index in [1.807, 2.05) is 24.3 Å². The van der Waals surface area contributed by atoms with Gasteiger partial charge in [0.2, 0.25) is 5.91 Å². The number of fused-ring (bicyclic) bond motifs is 2. The van der Waals surface area contributed by atoms with Gasteiger partial charge < -0.3 is 19.2 Å². The lowest BCUT2D eigenvalue weighted by molar-refractivity contribution is -0.111. The van der Waals surface area contributed by atoms with Crippen molar-refractivity contribution in [3.05, 3.63) is 52.1 Å². The lowest BCUT2D eigenvalue weighted by Crippen LogP contribution is -2.15. The standard InChI is InChI=1S/C24H25NO5S/c1-4-29-24(27)22-18-8-5-14(2)11-20(18)31-23(22)25-21(26)10-7-17-13-15-12-16(28-3)6-9-19(15)30-17/h6-7,9-10,12-14H,4-5,8,11H2,1-3H3,(H,25,26)/b10-7+/t14-/m0/s1. The second-order valence-electron chi connectivity index (χ2n) is 7.65. The third-order valence-corrected chi connectivity index (χ3v) is 6.54. The zero-order chi connectivity index (χ0) is 22.0. The second kappa shape index (κ2) is 8.98. The molecule has 0 saturated carbocycles. The first-order valence-electron chi connectivity index (χ1n) is 10.4. The molecular formula is C24H25NO5S. The van der Waals surface area contributed by atoms with Crippen LogP contribution in [-0.4, -0.2) is 25.6 Å². The van der Waals surface area contributed by atoms with Crippen LogP contribution in [0.1, 0.15) is 46.8 Å². The molecule has 0 fully saturated rings. The van der Waals surface area contributed by atoms with Crippen LogP contribution in [0.5, 0.6) is 5.75 Å². The van der Waals surface area contributed by atoms with Gasteiger partial charge in [0.1, 0.15) is 22.1 Å². The molecule has 31 heavy (non-hydrogen) atoms. The van der Waals surface area contributed by atoms with E-state index in [0.717, 1.165) is 40.8 Å². The van der Waals surface area contributed by atoms with E-state index in [0.29, 0.717) is 34.4 Å². The highest BCUT2D eigenvalue weighted by Gasteiger charge is 2.28. The molecule has 0 aliphatic heterocycles. The topological polar surface area (TPSA) is 77.8 Å². The number of amides is 1. The Morgan fingerprint density at radius 1 is 1.32 bits per heavy atom. The Hall–Kier alpha value is -3.06. The molecule has 1 aliphatic carbocycles. The van der Waals surface area contributed by atoms with Crippen LogP contribution < -0.4 is 10.1 Å². The van der Waals surface area contributed by atoms with Crippen LogP contribution in [-0.2, 0) is 22.4 Å². The van der Waals surface area contributed by atoms with Gasteiger partial charge in [0, 0.05) is 16.3 Å². The van der Waals surface area contributed by atoms with Crippen molar-refractivity contribution in [3.63, 3.8) is 0 Å². The smallest absolute Gasteiger partial charge is 0.341 e. The highest BCUT2D eigenvalue weighted by atomic mass is 32.1. The number of furan rings is 1. The Morgan fingerprint density at radius 3 is 2.94 bits per heavy atom. The highest BCUT2D eigenvalue weighted by Crippen LogP contribution is 2.40. The number of benzene rings is 1. The molecule has 7 heteroatoms. The van der Waals surface area contributed by atoms with Gasteiger partial charge >= 0.3 is 5.97 Å². The molecule has 1 atom stereocenters. The Balaban J connectivity index is 1.54. The van der Waals surface area contributed by atoms with Crippen LogP contribution in [0.15, 0.2) is 34.8 Å². The van der Waals surface area contributed by atoms with Crippen LogP contribution in [0.3, 0.4) is 0 Å². The van der Waals surface area contributed by atoms with Gasteiger partial charge in [-0.3, -0.25) is 4.79 Å². The van der Waals surface area contributed by atoms with Gasteiger partial charge in [-0.25, -0.2) is 4.79 Å². The summed E-state index contributed by atoms with van der Waals surface area (Å²) in [6, 6.07) is 7.37. The molecule has 2 aromatic heterocycles. The summed E-state index contributed by atoms with van der Waals surface area (Å²) < 4.78 is 16.2. The Kier molecular flexibility index (Phi) is 6.13. The maximum Gasteiger partial charge on any atom is 0.341 e. The number of esters is 1. The van der Waals surface area contributed by atoms with E-state index >= 15 is 0 Å². The van der Waals surface area contributed by atoms with Crippen molar-refractivity contribution < 1.29 is 23.5 Å². The highest BCUT2D eigenvalue weighted by molar-refractivity contribution is 7.17. The third kappa shape index (κ3) is 4.51. The molecule has 4 rings (SSSR count). The lowest BCUT2D eigenvalue weighted by Gasteiger charge is -2.18. The molecule has 1 aromatic carbocycles. The third-order valence-electron chi connectivity index (χ3n) is 5.37. The molecule has 0 unspecified atom stereocenters. The van der Waals surface area contributed by atoms with Crippen LogP contribution in [0.2, 0.25) is 0 Å². The van der Waals surface area contributed by atoms with Gasteiger partial charge in [0.15, 0.2) is 0 Å². The summed E-state index contributed by atoms with van der Waals surface area (Å²) in [4.78, 5) is 26.3. The molecule has 2 heterocycles. The number of methoxy groups -OCH3 is 1. The number of anilines is 1. The molecule has 3 aromatic rings. The zero-order valence-corrected chi connectivity index (χ0v) is 18.6. The molecule has 0 spiro atoms. The summed E-state index contributed by atoms with van der Waals surface area (Å²) in [6.45, 7) is 4.28. The number of hydrogen-bond acceptors (Lipinski definition) is 6. The van der Waals surface area contributed by atoms with Gasteiger partial charge in [-0.05, 0) is 68.0 Å². The minimum absolute atomic E-state index is 0.296. The SMILES string of the molecule is CCOC(=O)c1c(NC(=O)/C=C/c2cc3cc(OC)ccc3o2)sc2c1CC[C@H](C)C2. The fourth-order valence-corrected chi connectivity index (χ4v) is 5.22. The monoisotopic (exact) mass is 439 g/mol. The first kappa shape index (κ1) is 21.2. The summed E-state index contributed by atoms with van der Waals surface area (Å²) >= 11 is 1.47. The normalized spacial score (nSPS) is 15.8. The Bertz CT molecular complexity index is 1160. The number of hydrogen-bond donors (Lipinski definition) is 1. The van der Waals surface area contributed by atoms with Gasteiger partial charge in [-0.15, -0.1) is 11.3 Å². The number of thiophene rings is 1. The maximum absolute atomic E-state index is 12.6. The molecule has 1 aliphatic rings. The van der Waals surface area contributed by atoms with Crippen molar-refractivity contribution in [2.75, 3.05) is 19.0 Å². The fraction of sp³-hybridized carbons (Fsp3) is 0.333. The zero-order valence-electron chi connectivity index (χ0n) is 17.8. The first-order chi connectivity index (χ1) is 15.0. The van der Waals surface area contributed by atoms with Crippen molar-refractivity contribution in [2.45, 2.75) is 33.1 Å². The van der Waals surface area contributed by atoms with Gasteiger partial charge in [0.25, 0.3) is 0 Å². The minimum atomic E-state index is -0.375. The van der Waals surface area contributed by atoms with E-state index < -0.39 is 0 Å². The first-order valence-corrected chi connectivity index (χ1v) is 11.2. The summed E-state index contributed by atoms with van der Waals surface area (Å²) in [6.07, 6.45) is 5.79. The molecule has 0 bridgehead atoms. The largest absolute Gasteiger partial charge is 0.497 e. The average molecular weight is 440 g/mol. The average Bonchev–Trinajstić information content (AvgIpc) is 3.31. The van der Waals surface area contributed by atoms with Crippen molar-refractivity contribution >= 4 is 45.3 Å². The maximum atomic E-state index is 12.6. The van der Waals surface area contributed by atoms with Crippen LogP contribution >= 0.6 is 11.3 Å². The fourth-order valence-electron chi connectivity index (χ4n) is 3.82. The number of ether oxygens (including phenoxy) is 2. The minimum Gasteiger partial charge on any atom is -0.497 e. The lowest BCUT2D eigenvalue weighted by atomic mass is 9.88. The number of carbonyl (C=O) groups is 2. The summed E-state index contributed by atoms with van der Waals surface area (Å²) in [5.74, 6) is 1.17. The summed E-state index contributed by atoms with van der Waals surface area (Å²) in [5, 5.41) is 4.32. The molecule has 1 amide bonds. The number of rotatable bonds is 6. The van der Waals surface area contributed by atoms with E-state index in [1.165, 1.54) is 17.4 Å². The molecule has 6 nitrogen and oxygen atoms in total. The van der Waals surface area contributed by atoms with Crippen LogP contribution in [0, 0.1) is 5.92 Å². The predicted molar refractivity (Wildman–Crippen MR) is 122 cm³/mol. The quantitative estimate of drug-likeness (QED) is 0.408. The molecular weight excluding hydrogens is 414 g/mol. The van der Waals surface area contributed by atoms with Crippen molar-refractivity contribution in [1.29, 1.82) is 0 Å². The summed E-state index contributed by atoms with van der Waals surface area (Å²) in [5.41, 5.74) is 2.24. The van der Waals surface area contributed by atoms with E-state index in [-0.39, 0.29) is 11.9 Å².